The largest absolute Gasteiger partial charge is 0.399 e. The summed E-state index contributed by atoms with van der Waals surface area (Å²) < 4.78 is 50.8. The Morgan fingerprint density at radius 2 is 1.85 bits per heavy atom. The first-order valence-electron chi connectivity index (χ1n) is 5.51. The van der Waals surface area contributed by atoms with Crippen LogP contribution >= 0.6 is 15.9 Å². The standard InChI is InChI=1S/C10H16BrN3O4S2/c1-14(2)19(15,16)6-5-13-20(17,18)10-7-8(12)3-4-9(10)11/h3-4,7,13H,5-6,12H2,1-2H3. The molecule has 0 aliphatic rings. The lowest BCUT2D eigenvalue weighted by Crippen LogP contribution is -2.34. The lowest BCUT2D eigenvalue weighted by Gasteiger charge is -2.12. The van der Waals surface area contributed by atoms with Gasteiger partial charge in [0.25, 0.3) is 0 Å². The number of rotatable bonds is 6. The Kier molecular flexibility index (Phi) is 5.55. The summed E-state index contributed by atoms with van der Waals surface area (Å²) in [5.74, 6) is -0.320. The first-order chi connectivity index (χ1) is 9.06. The molecule has 0 spiro atoms. The summed E-state index contributed by atoms with van der Waals surface area (Å²) in [6.45, 7) is -0.218. The SMILES string of the molecule is CN(C)S(=O)(=O)CCNS(=O)(=O)c1cc(N)ccc1Br. The van der Waals surface area contributed by atoms with Crippen LogP contribution in [-0.2, 0) is 20.0 Å². The van der Waals surface area contributed by atoms with E-state index < -0.39 is 20.0 Å². The monoisotopic (exact) mass is 385 g/mol. The molecule has 0 aliphatic heterocycles. The van der Waals surface area contributed by atoms with Crippen LogP contribution in [0.3, 0.4) is 0 Å². The number of anilines is 1. The zero-order valence-corrected chi connectivity index (χ0v) is 14.2. The van der Waals surface area contributed by atoms with Gasteiger partial charge in [0.05, 0.1) is 10.6 Å². The predicted molar refractivity (Wildman–Crippen MR) is 81.2 cm³/mol. The molecule has 0 amide bonds. The van der Waals surface area contributed by atoms with Gasteiger partial charge in [0.1, 0.15) is 0 Å². The van der Waals surface area contributed by atoms with Gasteiger partial charge in [-0.05, 0) is 34.1 Å². The number of nitrogens with two attached hydrogens (primary N) is 1. The maximum absolute atomic E-state index is 12.1. The van der Waals surface area contributed by atoms with E-state index in [1.54, 1.807) is 6.07 Å². The smallest absolute Gasteiger partial charge is 0.241 e. The highest BCUT2D eigenvalue weighted by atomic mass is 79.9. The van der Waals surface area contributed by atoms with E-state index in [0.717, 1.165) is 4.31 Å². The molecule has 0 radical (unpaired) electrons. The number of benzene rings is 1. The van der Waals surface area contributed by atoms with Gasteiger partial charge in [0.15, 0.2) is 0 Å². The quantitative estimate of drug-likeness (QED) is 0.679. The number of nitrogens with one attached hydrogen (secondary N) is 1. The van der Waals surface area contributed by atoms with Crippen LogP contribution < -0.4 is 10.5 Å². The van der Waals surface area contributed by atoms with Gasteiger partial charge < -0.3 is 5.73 Å². The molecule has 0 bridgehead atoms. The molecule has 0 saturated carbocycles. The molecular formula is C10H16BrN3O4S2. The van der Waals surface area contributed by atoms with Crippen molar-refractivity contribution in [2.24, 2.45) is 0 Å². The molecule has 0 aromatic heterocycles. The van der Waals surface area contributed by atoms with Gasteiger partial charge in [-0.2, -0.15) is 0 Å². The van der Waals surface area contributed by atoms with Gasteiger partial charge in [-0.25, -0.2) is 25.9 Å². The van der Waals surface area contributed by atoms with Gasteiger partial charge in [0.2, 0.25) is 20.0 Å². The number of hydrogen-bond donors (Lipinski definition) is 2. The highest BCUT2D eigenvalue weighted by molar-refractivity contribution is 9.10. The lowest BCUT2D eigenvalue weighted by molar-refractivity contribution is 0.519. The van der Waals surface area contributed by atoms with E-state index in [4.69, 9.17) is 5.73 Å². The Hall–Kier alpha value is -0.680. The topological polar surface area (TPSA) is 110 Å². The zero-order chi connectivity index (χ0) is 15.6. The maximum atomic E-state index is 12.1. The third-order valence-corrected chi connectivity index (χ3v) is 6.74. The van der Waals surface area contributed by atoms with Crippen LogP contribution in [-0.4, -0.2) is 47.5 Å². The number of nitrogen functional groups attached to an aromatic ring is 1. The molecule has 1 aromatic rings. The average molecular weight is 386 g/mol. The van der Waals surface area contributed by atoms with Gasteiger partial charge in [-0.15, -0.1) is 0 Å². The van der Waals surface area contributed by atoms with Crippen LogP contribution in [0.1, 0.15) is 0 Å². The molecule has 10 heteroatoms. The second-order valence-electron chi connectivity index (χ2n) is 4.19. The van der Waals surface area contributed by atoms with Gasteiger partial charge >= 0.3 is 0 Å². The van der Waals surface area contributed by atoms with E-state index in [1.165, 1.54) is 26.2 Å². The molecular weight excluding hydrogens is 370 g/mol. The number of nitrogens with zero attached hydrogens (tertiary/aromatic N) is 1. The second kappa shape index (κ2) is 6.39. The average Bonchev–Trinajstić information content (AvgIpc) is 2.31. The van der Waals surface area contributed by atoms with Gasteiger partial charge in [-0.3, -0.25) is 0 Å². The summed E-state index contributed by atoms with van der Waals surface area (Å²) >= 11 is 3.12. The minimum absolute atomic E-state index is 0.0280. The molecule has 3 N–H and O–H groups in total. The molecule has 1 rings (SSSR count). The Morgan fingerprint density at radius 1 is 1.25 bits per heavy atom. The van der Waals surface area contributed by atoms with E-state index in [1.807, 2.05) is 0 Å². The molecule has 0 atom stereocenters. The number of halogens is 1. The van der Waals surface area contributed by atoms with E-state index in [9.17, 15) is 16.8 Å². The maximum Gasteiger partial charge on any atom is 0.241 e. The van der Waals surface area contributed by atoms with Crippen LogP contribution in [0.5, 0.6) is 0 Å². The highest BCUT2D eigenvalue weighted by Crippen LogP contribution is 2.23. The molecule has 0 aliphatic carbocycles. The minimum atomic E-state index is -3.82. The molecule has 0 heterocycles. The van der Waals surface area contributed by atoms with Crippen molar-refractivity contribution in [1.82, 2.24) is 9.03 Å². The Morgan fingerprint density at radius 3 is 2.40 bits per heavy atom. The fraction of sp³-hybridized carbons (Fsp3) is 0.400. The zero-order valence-electron chi connectivity index (χ0n) is 11.0. The van der Waals surface area contributed by atoms with Gasteiger partial charge in [0, 0.05) is 30.8 Å². The fourth-order valence-electron chi connectivity index (χ4n) is 1.29. The Labute approximate surface area is 127 Å². The van der Waals surface area contributed by atoms with Crippen molar-refractivity contribution in [2.75, 3.05) is 32.1 Å². The normalized spacial score (nSPS) is 12.8. The summed E-state index contributed by atoms with van der Waals surface area (Å²) in [6.07, 6.45) is 0. The van der Waals surface area contributed by atoms with Crippen molar-refractivity contribution in [3.8, 4) is 0 Å². The first kappa shape index (κ1) is 17.4. The van der Waals surface area contributed by atoms with Crippen molar-refractivity contribution in [3.63, 3.8) is 0 Å². The summed E-state index contributed by atoms with van der Waals surface area (Å²) in [5, 5.41) is 0. The van der Waals surface area contributed by atoms with Crippen LogP contribution in [0.25, 0.3) is 0 Å². The number of hydrogen-bond acceptors (Lipinski definition) is 5. The third-order valence-electron chi connectivity index (χ3n) is 2.45. The summed E-state index contributed by atoms with van der Waals surface area (Å²) in [5.41, 5.74) is 5.85. The molecule has 0 fully saturated rings. The van der Waals surface area contributed by atoms with Crippen molar-refractivity contribution in [2.45, 2.75) is 4.90 Å². The molecule has 1 aromatic carbocycles. The fourth-order valence-corrected chi connectivity index (χ4v) is 4.17. The number of sulfonamides is 2. The first-order valence-corrected chi connectivity index (χ1v) is 9.40. The van der Waals surface area contributed by atoms with E-state index in [2.05, 4.69) is 20.7 Å². The van der Waals surface area contributed by atoms with E-state index in [0.29, 0.717) is 10.2 Å². The molecule has 20 heavy (non-hydrogen) atoms. The van der Waals surface area contributed by atoms with Crippen molar-refractivity contribution >= 4 is 41.7 Å². The van der Waals surface area contributed by atoms with Gasteiger partial charge in [-0.1, -0.05) is 0 Å². The van der Waals surface area contributed by atoms with Crippen LogP contribution in [0.15, 0.2) is 27.6 Å². The van der Waals surface area contributed by atoms with Crippen molar-refractivity contribution in [1.29, 1.82) is 0 Å². The minimum Gasteiger partial charge on any atom is -0.399 e. The lowest BCUT2D eigenvalue weighted by atomic mass is 10.3. The summed E-state index contributed by atoms with van der Waals surface area (Å²) in [6, 6.07) is 4.37. The van der Waals surface area contributed by atoms with Crippen LogP contribution in [0, 0.1) is 0 Å². The Bertz CT molecular complexity index is 686. The molecule has 7 nitrogen and oxygen atoms in total. The summed E-state index contributed by atoms with van der Waals surface area (Å²) in [4.78, 5) is -0.0280. The van der Waals surface area contributed by atoms with E-state index in [-0.39, 0.29) is 17.2 Å². The van der Waals surface area contributed by atoms with Crippen LogP contribution in [0.2, 0.25) is 0 Å². The molecule has 0 unspecified atom stereocenters. The van der Waals surface area contributed by atoms with Crippen molar-refractivity contribution < 1.29 is 16.8 Å². The van der Waals surface area contributed by atoms with Crippen LogP contribution in [0.4, 0.5) is 5.69 Å². The summed E-state index contributed by atoms with van der Waals surface area (Å²) in [7, 11) is -4.50. The van der Waals surface area contributed by atoms with E-state index >= 15 is 0 Å². The molecule has 0 saturated heterocycles. The second-order valence-corrected chi connectivity index (χ2v) is 9.08. The third kappa shape index (κ3) is 4.42. The molecule has 114 valence electrons. The predicted octanol–water partition coefficient (Wildman–Crippen LogP) is 0.201. The Balaban J connectivity index is 2.84. The highest BCUT2D eigenvalue weighted by Gasteiger charge is 2.20. The van der Waals surface area contributed by atoms with Crippen molar-refractivity contribution in [3.05, 3.63) is 22.7 Å².